The summed E-state index contributed by atoms with van der Waals surface area (Å²) in [4.78, 5) is 14.6. The highest BCUT2D eigenvalue weighted by atomic mass is 16.1. The lowest BCUT2D eigenvalue weighted by molar-refractivity contribution is -0.118. The summed E-state index contributed by atoms with van der Waals surface area (Å²) in [5.41, 5.74) is 0.926. The van der Waals surface area contributed by atoms with Gasteiger partial charge in [0.1, 0.15) is 17.5 Å². The summed E-state index contributed by atoms with van der Waals surface area (Å²) in [5, 5.41) is 11.3. The molecule has 0 fully saturated rings. The second-order valence-electron chi connectivity index (χ2n) is 3.05. The van der Waals surface area contributed by atoms with Gasteiger partial charge in [-0.25, -0.2) is 4.98 Å². The van der Waals surface area contributed by atoms with E-state index in [0.29, 0.717) is 24.4 Å². The quantitative estimate of drug-likeness (QED) is 0.584. The Morgan fingerprint density at radius 1 is 1.50 bits per heavy atom. The minimum absolute atomic E-state index is 0.0635. The second kappa shape index (κ2) is 6.21. The number of carbonyl (C=O) groups excluding carboxylic acids is 1. The van der Waals surface area contributed by atoms with Gasteiger partial charge in [-0.15, -0.1) is 0 Å². The molecule has 0 bridgehead atoms. The zero-order valence-corrected chi connectivity index (χ0v) is 8.95. The van der Waals surface area contributed by atoms with Crippen molar-refractivity contribution >= 4 is 5.91 Å². The van der Waals surface area contributed by atoms with Crippen LogP contribution in [0.3, 0.4) is 0 Å². The molecule has 0 aliphatic carbocycles. The maximum absolute atomic E-state index is 10.6. The SMILES string of the molecule is CC(=O)NCCC#Cc1cccc(C#N)n1. The smallest absolute Gasteiger partial charge is 0.216 e. The third-order valence-corrected chi connectivity index (χ3v) is 1.70. The lowest BCUT2D eigenvalue weighted by Crippen LogP contribution is -2.20. The first-order valence-electron chi connectivity index (χ1n) is 4.83. The van der Waals surface area contributed by atoms with Gasteiger partial charge in [0.25, 0.3) is 0 Å². The fourth-order valence-electron chi connectivity index (χ4n) is 1.02. The van der Waals surface area contributed by atoms with E-state index in [9.17, 15) is 4.79 Å². The van der Waals surface area contributed by atoms with E-state index < -0.39 is 0 Å². The van der Waals surface area contributed by atoms with Gasteiger partial charge in [0.2, 0.25) is 5.91 Å². The summed E-state index contributed by atoms with van der Waals surface area (Å²) in [5.74, 6) is 5.64. The maximum atomic E-state index is 10.6. The van der Waals surface area contributed by atoms with Crippen LogP contribution < -0.4 is 5.32 Å². The monoisotopic (exact) mass is 213 g/mol. The van der Waals surface area contributed by atoms with E-state index in [1.165, 1.54) is 6.92 Å². The van der Waals surface area contributed by atoms with E-state index in [1.54, 1.807) is 18.2 Å². The zero-order chi connectivity index (χ0) is 11.8. The number of carbonyl (C=O) groups is 1. The molecule has 0 saturated carbocycles. The molecule has 1 N–H and O–H groups in total. The predicted octanol–water partition coefficient (Wildman–Crippen LogP) is 0.831. The van der Waals surface area contributed by atoms with Crippen molar-refractivity contribution in [2.75, 3.05) is 6.54 Å². The average Bonchev–Trinajstić information content (AvgIpc) is 2.28. The molecule has 0 spiro atoms. The fourth-order valence-corrected chi connectivity index (χ4v) is 1.02. The molecule has 0 saturated heterocycles. The third-order valence-electron chi connectivity index (χ3n) is 1.70. The van der Waals surface area contributed by atoms with Crippen LogP contribution in [-0.4, -0.2) is 17.4 Å². The minimum Gasteiger partial charge on any atom is -0.355 e. The summed E-state index contributed by atoms with van der Waals surface area (Å²) in [6.45, 7) is 1.99. The average molecular weight is 213 g/mol. The van der Waals surface area contributed by atoms with Gasteiger partial charge in [-0.2, -0.15) is 5.26 Å². The van der Waals surface area contributed by atoms with E-state index in [2.05, 4.69) is 22.1 Å². The van der Waals surface area contributed by atoms with Crippen LogP contribution in [0.15, 0.2) is 18.2 Å². The highest BCUT2D eigenvalue weighted by Crippen LogP contribution is 1.95. The normalized spacial score (nSPS) is 8.50. The number of hydrogen-bond donors (Lipinski definition) is 1. The molecule has 16 heavy (non-hydrogen) atoms. The first-order chi connectivity index (χ1) is 7.72. The van der Waals surface area contributed by atoms with Gasteiger partial charge in [-0.05, 0) is 18.1 Å². The highest BCUT2D eigenvalue weighted by Gasteiger charge is 1.92. The molecule has 0 unspecified atom stereocenters. The number of amides is 1. The largest absolute Gasteiger partial charge is 0.355 e. The fraction of sp³-hybridized carbons (Fsp3) is 0.250. The van der Waals surface area contributed by atoms with Gasteiger partial charge < -0.3 is 5.32 Å². The van der Waals surface area contributed by atoms with Crippen LogP contribution in [0.2, 0.25) is 0 Å². The van der Waals surface area contributed by atoms with Crippen molar-refractivity contribution in [3.8, 4) is 17.9 Å². The van der Waals surface area contributed by atoms with Crippen molar-refractivity contribution in [2.45, 2.75) is 13.3 Å². The summed E-state index contributed by atoms with van der Waals surface area (Å²) >= 11 is 0. The van der Waals surface area contributed by atoms with Crippen LogP contribution >= 0.6 is 0 Å². The summed E-state index contributed by atoms with van der Waals surface area (Å²) < 4.78 is 0. The standard InChI is InChI=1S/C12H11N3O/c1-10(16)14-8-3-2-5-11-6-4-7-12(9-13)15-11/h4,6-7H,3,8H2,1H3,(H,14,16). The van der Waals surface area contributed by atoms with Gasteiger partial charge in [0, 0.05) is 19.9 Å². The molecule has 0 aliphatic rings. The summed E-state index contributed by atoms with van der Waals surface area (Å²) in [6.07, 6.45) is 0.568. The van der Waals surface area contributed by atoms with Crippen molar-refractivity contribution in [2.24, 2.45) is 0 Å². The molecule has 0 aromatic carbocycles. The van der Waals surface area contributed by atoms with Gasteiger partial charge in [0.05, 0.1) is 0 Å². The number of nitriles is 1. The van der Waals surface area contributed by atoms with Crippen molar-refractivity contribution in [1.29, 1.82) is 5.26 Å². The Kier molecular flexibility index (Phi) is 4.56. The highest BCUT2D eigenvalue weighted by molar-refractivity contribution is 5.72. The summed E-state index contributed by atoms with van der Waals surface area (Å²) in [6, 6.07) is 7.06. The number of aromatic nitrogens is 1. The van der Waals surface area contributed by atoms with Crippen LogP contribution in [0, 0.1) is 23.2 Å². The zero-order valence-electron chi connectivity index (χ0n) is 8.95. The van der Waals surface area contributed by atoms with Crippen LogP contribution in [0.25, 0.3) is 0 Å². The van der Waals surface area contributed by atoms with Crippen LogP contribution in [0.4, 0.5) is 0 Å². The molecule has 1 amide bonds. The molecule has 1 aromatic rings. The van der Waals surface area contributed by atoms with Gasteiger partial charge in [0.15, 0.2) is 0 Å². The molecular weight excluding hydrogens is 202 g/mol. The Balaban J connectivity index is 2.50. The van der Waals surface area contributed by atoms with Crippen molar-refractivity contribution in [3.05, 3.63) is 29.6 Å². The van der Waals surface area contributed by atoms with Crippen molar-refractivity contribution in [3.63, 3.8) is 0 Å². The molecule has 1 rings (SSSR count). The molecule has 80 valence electrons. The van der Waals surface area contributed by atoms with E-state index in [4.69, 9.17) is 5.26 Å². The van der Waals surface area contributed by atoms with Gasteiger partial charge in [-0.1, -0.05) is 12.0 Å². The topological polar surface area (TPSA) is 65.8 Å². The molecule has 1 heterocycles. The molecule has 0 aliphatic heterocycles. The van der Waals surface area contributed by atoms with Crippen LogP contribution in [-0.2, 0) is 4.79 Å². The Labute approximate surface area is 94.3 Å². The van der Waals surface area contributed by atoms with E-state index >= 15 is 0 Å². The Bertz CT molecular complexity index is 477. The number of pyridine rings is 1. The lowest BCUT2D eigenvalue weighted by atomic mass is 10.3. The van der Waals surface area contributed by atoms with E-state index in [0.717, 1.165) is 0 Å². The molecule has 4 heteroatoms. The van der Waals surface area contributed by atoms with E-state index in [1.807, 2.05) is 6.07 Å². The molecule has 4 nitrogen and oxygen atoms in total. The summed E-state index contributed by atoms with van der Waals surface area (Å²) in [7, 11) is 0. The predicted molar refractivity (Wildman–Crippen MR) is 59.1 cm³/mol. The first kappa shape index (κ1) is 11.7. The Morgan fingerprint density at radius 3 is 2.94 bits per heavy atom. The van der Waals surface area contributed by atoms with Crippen LogP contribution in [0.1, 0.15) is 24.7 Å². The number of rotatable bonds is 2. The lowest BCUT2D eigenvalue weighted by Gasteiger charge is -1.94. The number of nitrogens with zero attached hydrogens (tertiary/aromatic N) is 2. The van der Waals surface area contributed by atoms with Crippen molar-refractivity contribution < 1.29 is 4.79 Å². The Morgan fingerprint density at radius 2 is 2.25 bits per heavy atom. The number of nitrogens with one attached hydrogen (secondary N) is 1. The molecular formula is C12H11N3O. The first-order valence-corrected chi connectivity index (χ1v) is 4.83. The molecule has 0 radical (unpaired) electrons. The van der Waals surface area contributed by atoms with Crippen LogP contribution in [0.5, 0.6) is 0 Å². The molecule has 1 aromatic heterocycles. The Hall–Kier alpha value is -2.33. The third kappa shape index (κ3) is 4.26. The minimum atomic E-state index is -0.0635. The van der Waals surface area contributed by atoms with Crippen molar-refractivity contribution in [1.82, 2.24) is 10.3 Å². The van der Waals surface area contributed by atoms with E-state index in [-0.39, 0.29) is 5.91 Å². The van der Waals surface area contributed by atoms with Gasteiger partial charge >= 0.3 is 0 Å². The number of hydrogen-bond acceptors (Lipinski definition) is 3. The second-order valence-corrected chi connectivity index (χ2v) is 3.05. The molecule has 0 atom stereocenters. The maximum Gasteiger partial charge on any atom is 0.216 e. The van der Waals surface area contributed by atoms with Gasteiger partial charge in [-0.3, -0.25) is 4.79 Å².